The lowest BCUT2D eigenvalue weighted by molar-refractivity contribution is -0.138. The van der Waals surface area contributed by atoms with Gasteiger partial charge in [0, 0.05) is 26.2 Å². The van der Waals surface area contributed by atoms with Crippen molar-refractivity contribution in [1.82, 2.24) is 10.2 Å². The monoisotopic (exact) mass is 360 g/mol. The van der Waals surface area contributed by atoms with Gasteiger partial charge >= 0.3 is 6.18 Å². The minimum Gasteiger partial charge on any atom is -0.390 e. The first kappa shape index (κ1) is 20.1. The number of hydrogen-bond donors (Lipinski definition) is 2. The van der Waals surface area contributed by atoms with E-state index in [9.17, 15) is 22.0 Å². The highest BCUT2D eigenvalue weighted by molar-refractivity contribution is 5.85. The summed E-state index contributed by atoms with van der Waals surface area (Å²) in [4.78, 5) is 1.40. The fourth-order valence-electron chi connectivity index (χ4n) is 2.63. The zero-order valence-electron chi connectivity index (χ0n) is 12.1. The Morgan fingerprint density at radius 3 is 2.26 bits per heavy atom. The standard InChI is InChI=1S/C14H17F5N2O.ClH/c15-13(16,9-22)12(21-6-4-20-5-7-21)10-2-1-3-11(8-10)14(17,18)19;/h1-3,8,12,20,22H,4-7,9H2;1H/t12-;/m0./s1. The second-order valence-electron chi connectivity index (χ2n) is 5.23. The number of piperazine rings is 1. The van der Waals surface area contributed by atoms with Crippen LogP contribution in [0.1, 0.15) is 17.2 Å². The van der Waals surface area contributed by atoms with Gasteiger partial charge in [0.1, 0.15) is 12.6 Å². The Hall–Kier alpha value is -0.960. The molecule has 0 bridgehead atoms. The molecule has 0 saturated carbocycles. The van der Waals surface area contributed by atoms with E-state index in [2.05, 4.69) is 5.32 Å². The number of hydrogen-bond acceptors (Lipinski definition) is 3. The SMILES string of the molecule is Cl.OCC(F)(F)[C@H](c1cccc(C(F)(F)F)c1)N1CCNCC1. The van der Waals surface area contributed by atoms with Crippen molar-refractivity contribution in [3.05, 3.63) is 35.4 Å². The van der Waals surface area contributed by atoms with Crippen molar-refractivity contribution in [3.8, 4) is 0 Å². The molecule has 1 aromatic rings. The number of nitrogens with zero attached hydrogens (tertiary/aromatic N) is 1. The minimum absolute atomic E-state index is 0. The molecule has 9 heteroatoms. The fraction of sp³-hybridized carbons (Fsp3) is 0.571. The van der Waals surface area contributed by atoms with E-state index >= 15 is 0 Å². The lowest BCUT2D eigenvalue weighted by Crippen LogP contribution is -2.51. The van der Waals surface area contributed by atoms with Crippen LogP contribution in [0.4, 0.5) is 22.0 Å². The molecule has 0 amide bonds. The molecule has 0 aliphatic carbocycles. The minimum atomic E-state index is -4.60. The Bertz CT molecular complexity index is 506. The lowest BCUT2D eigenvalue weighted by atomic mass is 9.96. The fourth-order valence-corrected chi connectivity index (χ4v) is 2.63. The first-order valence-electron chi connectivity index (χ1n) is 6.86. The molecule has 23 heavy (non-hydrogen) atoms. The number of aliphatic hydroxyl groups excluding tert-OH is 1. The molecule has 1 heterocycles. The lowest BCUT2D eigenvalue weighted by Gasteiger charge is -2.38. The Kier molecular flexibility index (Phi) is 6.76. The van der Waals surface area contributed by atoms with E-state index in [1.807, 2.05) is 0 Å². The zero-order valence-corrected chi connectivity index (χ0v) is 12.9. The third-order valence-electron chi connectivity index (χ3n) is 3.66. The third kappa shape index (κ3) is 4.76. The van der Waals surface area contributed by atoms with E-state index in [1.165, 1.54) is 11.0 Å². The summed E-state index contributed by atoms with van der Waals surface area (Å²) in [5.74, 6) is -3.53. The number of benzene rings is 1. The first-order valence-corrected chi connectivity index (χ1v) is 6.86. The highest BCUT2D eigenvalue weighted by Gasteiger charge is 2.44. The maximum Gasteiger partial charge on any atom is 0.416 e. The van der Waals surface area contributed by atoms with Crippen LogP contribution in [0.2, 0.25) is 0 Å². The quantitative estimate of drug-likeness (QED) is 0.810. The summed E-state index contributed by atoms with van der Waals surface area (Å²) in [6.45, 7) is 0.0682. The number of halogens is 6. The highest BCUT2D eigenvalue weighted by Crippen LogP contribution is 2.38. The van der Waals surface area contributed by atoms with Crippen LogP contribution in [0.15, 0.2) is 24.3 Å². The largest absolute Gasteiger partial charge is 0.416 e. The van der Waals surface area contributed by atoms with Crippen LogP contribution in [0.25, 0.3) is 0 Å². The van der Waals surface area contributed by atoms with Crippen molar-refractivity contribution in [2.45, 2.75) is 18.1 Å². The normalized spacial score (nSPS) is 18.3. The van der Waals surface area contributed by atoms with Crippen LogP contribution in [0.5, 0.6) is 0 Å². The molecular weight excluding hydrogens is 343 g/mol. The van der Waals surface area contributed by atoms with E-state index in [-0.39, 0.29) is 31.1 Å². The van der Waals surface area contributed by atoms with E-state index in [1.54, 1.807) is 0 Å². The van der Waals surface area contributed by atoms with Crippen molar-refractivity contribution in [2.24, 2.45) is 0 Å². The molecule has 1 fully saturated rings. The zero-order chi connectivity index (χ0) is 16.4. The molecule has 0 unspecified atom stereocenters. The van der Waals surface area contributed by atoms with Crippen molar-refractivity contribution in [1.29, 1.82) is 0 Å². The van der Waals surface area contributed by atoms with Crippen LogP contribution in [-0.4, -0.2) is 48.7 Å². The Balaban J connectivity index is 0.00000264. The van der Waals surface area contributed by atoms with Gasteiger partial charge in [0.05, 0.1) is 5.56 Å². The van der Waals surface area contributed by atoms with Gasteiger partial charge < -0.3 is 10.4 Å². The Morgan fingerprint density at radius 1 is 1.13 bits per heavy atom. The maximum atomic E-state index is 14.1. The molecule has 2 rings (SSSR count). The molecule has 132 valence electrons. The van der Waals surface area contributed by atoms with Crippen molar-refractivity contribution in [3.63, 3.8) is 0 Å². The summed E-state index contributed by atoms with van der Waals surface area (Å²) in [6.07, 6.45) is -4.60. The van der Waals surface area contributed by atoms with E-state index in [0.29, 0.717) is 13.1 Å². The number of aliphatic hydroxyl groups is 1. The summed E-state index contributed by atoms with van der Waals surface area (Å²) >= 11 is 0. The van der Waals surface area contributed by atoms with E-state index in [0.717, 1.165) is 18.2 Å². The molecule has 1 atom stereocenters. The van der Waals surface area contributed by atoms with Gasteiger partial charge in [-0.25, -0.2) is 8.78 Å². The molecule has 0 spiro atoms. The summed E-state index contributed by atoms with van der Waals surface area (Å²) in [5, 5.41) is 12.0. The van der Waals surface area contributed by atoms with Gasteiger partial charge in [0.25, 0.3) is 5.92 Å². The van der Waals surface area contributed by atoms with Gasteiger partial charge in [-0.3, -0.25) is 4.90 Å². The van der Waals surface area contributed by atoms with Crippen LogP contribution < -0.4 is 5.32 Å². The molecule has 0 radical (unpaired) electrons. The van der Waals surface area contributed by atoms with Gasteiger partial charge in [-0.15, -0.1) is 12.4 Å². The third-order valence-corrected chi connectivity index (χ3v) is 3.66. The average Bonchev–Trinajstić information content (AvgIpc) is 2.48. The summed E-state index contributed by atoms with van der Waals surface area (Å²) < 4.78 is 66.6. The molecule has 3 nitrogen and oxygen atoms in total. The predicted octanol–water partition coefficient (Wildman–Crippen LogP) is 2.70. The van der Waals surface area contributed by atoms with Crippen molar-refractivity contribution >= 4 is 12.4 Å². The van der Waals surface area contributed by atoms with E-state index in [4.69, 9.17) is 5.11 Å². The molecule has 1 aromatic carbocycles. The van der Waals surface area contributed by atoms with Gasteiger partial charge in [0.2, 0.25) is 0 Å². The molecule has 0 aromatic heterocycles. The number of rotatable bonds is 4. The van der Waals surface area contributed by atoms with Gasteiger partial charge in [-0.2, -0.15) is 13.2 Å². The Labute approximate surface area is 136 Å². The van der Waals surface area contributed by atoms with Crippen LogP contribution in [-0.2, 0) is 6.18 Å². The van der Waals surface area contributed by atoms with E-state index < -0.39 is 30.3 Å². The molecule has 1 saturated heterocycles. The second kappa shape index (κ2) is 7.74. The van der Waals surface area contributed by atoms with Gasteiger partial charge in [0.15, 0.2) is 0 Å². The summed E-state index contributed by atoms with van der Waals surface area (Å²) in [5.41, 5.74) is -1.12. The average molecular weight is 361 g/mol. The second-order valence-corrected chi connectivity index (χ2v) is 5.23. The number of nitrogens with one attached hydrogen (secondary N) is 1. The van der Waals surface area contributed by atoms with Crippen LogP contribution >= 0.6 is 12.4 Å². The molecule has 1 aliphatic rings. The van der Waals surface area contributed by atoms with Gasteiger partial charge in [-0.05, 0) is 17.7 Å². The highest BCUT2D eigenvalue weighted by atomic mass is 35.5. The summed E-state index contributed by atoms with van der Waals surface area (Å²) in [6, 6.07) is 2.35. The van der Waals surface area contributed by atoms with Crippen molar-refractivity contribution < 1.29 is 27.1 Å². The molecule has 2 N–H and O–H groups in total. The Morgan fingerprint density at radius 2 is 1.74 bits per heavy atom. The van der Waals surface area contributed by atoms with Crippen LogP contribution in [0.3, 0.4) is 0 Å². The number of alkyl halides is 5. The predicted molar refractivity (Wildman–Crippen MR) is 77.9 cm³/mol. The van der Waals surface area contributed by atoms with Crippen molar-refractivity contribution in [2.75, 3.05) is 32.8 Å². The molecular formula is C14H18ClF5N2O. The van der Waals surface area contributed by atoms with Gasteiger partial charge in [-0.1, -0.05) is 12.1 Å². The summed E-state index contributed by atoms with van der Waals surface area (Å²) in [7, 11) is 0. The smallest absolute Gasteiger partial charge is 0.390 e. The topological polar surface area (TPSA) is 35.5 Å². The maximum absolute atomic E-state index is 14.1. The van der Waals surface area contributed by atoms with Crippen LogP contribution in [0, 0.1) is 0 Å². The molecule has 1 aliphatic heterocycles. The first-order chi connectivity index (χ1) is 10.3.